The van der Waals surface area contributed by atoms with Crippen LogP contribution in [0.3, 0.4) is 0 Å². The molecular formula is C22H19FN4O5. The van der Waals surface area contributed by atoms with Crippen molar-refractivity contribution in [2.75, 3.05) is 5.32 Å². The van der Waals surface area contributed by atoms with Crippen LogP contribution >= 0.6 is 0 Å². The predicted molar refractivity (Wildman–Crippen MR) is 110 cm³/mol. The number of hydrogen-bond donors (Lipinski definition) is 2. The number of aryl methyl sites for hydroxylation is 1. The first-order chi connectivity index (χ1) is 15.5. The SMILES string of the molecule is Cn1cc(NC(=O)c2ccc(COc3ccc(F)cc3)o2)c(C(=O)NCc2ccco2)n1. The summed E-state index contributed by atoms with van der Waals surface area (Å²) >= 11 is 0. The number of benzene rings is 1. The normalized spacial score (nSPS) is 10.7. The number of halogens is 1. The van der Waals surface area contributed by atoms with E-state index in [1.807, 2.05) is 0 Å². The number of nitrogens with zero attached hydrogens (tertiary/aromatic N) is 2. The van der Waals surface area contributed by atoms with Crippen LogP contribution in [0.2, 0.25) is 0 Å². The monoisotopic (exact) mass is 438 g/mol. The predicted octanol–water partition coefficient (Wildman–Crippen LogP) is 3.51. The molecule has 9 nitrogen and oxygen atoms in total. The van der Waals surface area contributed by atoms with Gasteiger partial charge in [0.1, 0.15) is 29.7 Å². The molecule has 4 aromatic rings. The second kappa shape index (κ2) is 9.21. The lowest BCUT2D eigenvalue weighted by atomic mass is 10.3. The van der Waals surface area contributed by atoms with Crippen molar-refractivity contribution < 1.29 is 27.6 Å². The summed E-state index contributed by atoms with van der Waals surface area (Å²) in [5.74, 6) is 0.116. The summed E-state index contributed by atoms with van der Waals surface area (Å²) < 4.78 is 30.6. The van der Waals surface area contributed by atoms with Crippen molar-refractivity contribution in [2.24, 2.45) is 7.05 Å². The van der Waals surface area contributed by atoms with Gasteiger partial charge in [0.25, 0.3) is 11.8 Å². The number of ether oxygens (including phenoxy) is 1. The van der Waals surface area contributed by atoms with Crippen molar-refractivity contribution in [1.82, 2.24) is 15.1 Å². The second-order valence-corrected chi connectivity index (χ2v) is 6.79. The Labute approximate surface area is 181 Å². The van der Waals surface area contributed by atoms with E-state index in [2.05, 4.69) is 15.7 Å². The number of amides is 2. The molecule has 0 atom stereocenters. The van der Waals surface area contributed by atoms with Crippen LogP contribution in [0.25, 0.3) is 0 Å². The van der Waals surface area contributed by atoms with Crippen LogP contribution < -0.4 is 15.4 Å². The smallest absolute Gasteiger partial charge is 0.291 e. The Balaban J connectivity index is 1.37. The van der Waals surface area contributed by atoms with Crippen molar-refractivity contribution in [1.29, 1.82) is 0 Å². The van der Waals surface area contributed by atoms with E-state index < -0.39 is 11.8 Å². The number of carbonyl (C=O) groups excluding carboxylic acids is 2. The average molecular weight is 438 g/mol. The van der Waals surface area contributed by atoms with Gasteiger partial charge in [-0.2, -0.15) is 5.10 Å². The molecule has 2 amide bonds. The number of hydrogen-bond acceptors (Lipinski definition) is 6. The highest BCUT2D eigenvalue weighted by atomic mass is 19.1. The van der Waals surface area contributed by atoms with Gasteiger partial charge in [-0.05, 0) is 48.5 Å². The lowest BCUT2D eigenvalue weighted by molar-refractivity contribution is 0.0943. The highest BCUT2D eigenvalue weighted by molar-refractivity contribution is 6.07. The van der Waals surface area contributed by atoms with E-state index >= 15 is 0 Å². The minimum absolute atomic E-state index is 0.0357. The molecule has 4 rings (SSSR count). The van der Waals surface area contributed by atoms with Crippen LogP contribution in [0.15, 0.2) is 69.8 Å². The van der Waals surface area contributed by atoms with Crippen LogP contribution in [-0.4, -0.2) is 21.6 Å². The highest BCUT2D eigenvalue weighted by Gasteiger charge is 2.20. The number of aromatic nitrogens is 2. The van der Waals surface area contributed by atoms with Gasteiger partial charge in [0, 0.05) is 13.2 Å². The molecule has 1 aromatic carbocycles. The first kappa shape index (κ1) is 20.9. The van der Waals surface area contributed by atoms with Crippen LogP contribution in [0.4, 0.5) is 10.1 Å². The maximum Gasteiger partial charge on any atom is 0.291 e. The summed E-state index contributed by atoms with van der Waals surface area (Å²) in [6, 6.07) is 12.1. The Kier molecular flexibility index (Phi) is 6.02. The van der Waals surface area contributed by atoms with Gasteiger partial charge >= 0.3 is 0 Å². The van der Waals surface area contributed by atoms with Crippen LogP contribution in [-0.2, 0) is 20.2 Å². The van der Waals surface area contributed by atoms with Crippen molar-refractivity contribution >= 4 is 17.5 Å². The van der Waals surface area contributed by atoms with Gasteiger partial charge in [0.05, 0.1) is 18.5 Å². The van der Waals surface area contributed by atoms with Gasteiger partial charge in [-0.25, -0.2) is 4.39 Å². The fraction of sp³-hybridized carbons (Fsp3) is 0.136. The standard InChI is InChI=1S/C22H19FN4O5/c1-27-12-18(20(26-27)22(29)24-11-16-3-2-10-30-16)25-21(28)19-9-8-17(32-19)13-31-15-6-4-14(23)5-7-15/h2-10,12H,11,13H2,1H3,(H,24,29)(H,25,28). The zero-order valence-corrected chi connectivity index (χ0v) is 17.0. The molecule has 0 aliphatic carbocycles. The summed E-state index contributed by atoms with van der Waals surface area (Å²) in [5, 5.41) is 9.43. The molecule has 0 saturated carbocycles. The Bertz CT molecular complexity index is 1210. The summed E-state index contributed by atoms with van der Waals surface area (Å²) in [5.41, 5.74) is 0.286. The third-order valence-electron chi connectivity index (χ3n) is 4.38. The first-order valence-corrected chi connectivity index (χ1v) is 9.60. The Morgan fingerprint density at radius 2 is 1.91 bits per heavy atom. The average Bonchev–Trinajstić information content (AvgIpc) is 3.53. The van der Waals surface area contributed by atoms with Gasteiger partial charge in [-0.15, -0.1) is 0 Å². The molecule has 2 N–H and O–H groups in total. The fourth-order valence-electron chi connectivity index (χ4n) is 2.86. The van der Waals surface area contributed by atoms with E-state index in [4.69, 9.17) is 13.6 Å². The molecular weight excluding hydrogens is 419 g/mol. The zero-order valence-electron chi connectivity index (χ0n) is 17.0. The summed E-state index contributed by atoms with van der Waals surface area (Å²) in [6.45, 7) is 0.248. The quantitative estimate of drug-likeness (QED) is 0.436. The van der Waals surface area contributed by atoms with Crippen molar-refractivity contribution in [3.05, 3.63) is 89.8 Å². The number of nitrogens with one attached hydrogen (secondary N) is 2. The molecule has 32 heavy (non-hydrogen) atoms. The maximum atomic E-state index is 13.0. The summed E-state index contributed by atoms with van der Waals surface area (Å²) in [7, 11) is 1.64. The van der Waals surface area contributed by atoms with E-state index in [-0.39, 0.29) is 36.1 Å². The zero-order chi connectivity index (χ0) is 22.5. The van der Waals surface area contributed by atoms with Crippen LogP contribution in [0.1, 0.15) is 32.6 Å². The van der Waals surface area contributed by atoms with E-state index in [9.17, 15) is 14.0 Å². The van der Waals surface area contributed by atoms with Crippen molar-refractivity contribution in [3.63, 3.8) is 0 Å². The van der Waals surface area contributed by atoms with E-state index in [0.29, 0.717) is 17.3 Å². The van der Waals surface area contributed by atoms with Crippen LogP contribution in [0.5, 0.6) is 5.75 Å². The van der Waals surface area contributed by atoms with E-state index in [0.717, 1.165) is 0 Å². The lowest BCUT2D eigenvalue weighted by Crippen LogP contribution is -2.25. The minimum Gasteiger partial charge on any atom is -0.486 e. The van der Waals surface area contributed by atoms with Crippen molar-refractivity contribution in [3.8, 4) is 5.75 Å². The summed E-state index contributed by atoms with van der Waals surface area (Å²) in [6.07, 6.45) is 3.03. The summed E-state index contributed by atoms with van der Waals surface area (Å²) in [4.78, 5) is 25.1. The van der Waals surface area contributed by atoms with Gasteiger partial charge in [0.2, 0.25) is 0 Å². The molecule has 0 fully saturated rings. The fourth-order valence-corrected chi connectivity index (χ4v) is 2.86. The van der Waals surface area contributed by atoms with Gasteiger partial charge < -0.3 is 24.2 Å². The highest BCUT2D eigenvalue weighted by Crippen LogP contribution is 2.18. The molecule has 3 aromatic heterocycles. The molecule has 0 unspecified atom stereocenters. The van der Waals surface area contributed by atoms with E-state index in [1.54, 1.807) is 25.2 Å². The van der Waals surface area contributed by atoms with Gasteiger partial charge in [-0.1, -0.05) is 0 Å². The Morgan fingerprint density at radius 1 is 1.09 bits per heavy atom. The first-order valence-electron chi connectivity index (χ1n) is 9.60. The topological polar surface area (TPSA) is 112 Å². The third-order valence-corrected chi connectivity index (χ3v) is 4.38. The minimum atomic E-state index is -0.550. The van der Waals surface area contributed by atoms with Gasteiger partial charge in [-0.3, -0.25) is 14.3 Å². The maximum absolute atomic E-state index is 13.0. The second-order valence-electron chi connectivity index (χ2n) is 6.79. The van der Waals surface area contributed by atoms with Crippen LogP contribution in [0, 0.1) is 5.82 Å². The Hall–Kier alpha value is -4.34. The molecule has 0 aliphatic heterocycles. The molecule has 0 radical (unpaired) electrons. The number of anilines is 1. The molecule has 3 heterocycles. The largest absolute Gasteiger partial charge is 0.486 e. The molecule has 0 spiro atoms. The number of furan rings is 2. The molecule has 0 bridgehead atoms. The molecule has 164 valence electrons. The number of rotatable bonds is 8. The van der Waals surface area contributed by atoms with Crippen molar-refractivity contribution in [2.45, 2.75) is 13.2 Å². The molecule has 0 aliphatic rings. The van der Waals surface area contributed by atoms with E-state index in [1.165, 1.54) is 47.5 Å². The Morgan fingerprint density at radius 3 is 2.66 bits per heavy atom. The molecule has 10 heteroatoms. The number of carbonyl (C=O) groups is 2. The lowest BCUT2D eigenvalue weighted by Gasteiger charge is -2.05. The molecule has 0 saturated heterocycles. The third kappa shape index (κ3) is 5.04. The van der Waals surface area contributed by atoms with Gasteiger partial charge in [0.15, 0.2) is 11.5 Å².